The van der Waals surface area contributed by atoms with E-state index in [1.807, 2.05) is 0 Å². The summed E-state index contributed by atoms with van der Waals surface area (Å²) in [6.07, 6.45) is 9.77. The van der Waals surface area contributed by atoms with Crippen LogP contribution in [0.15, 0.2) is 0 Å². The summed E-state index contributed by atoms with van der Waals surface area (Å²) >= 11 is 0. The molecular weight excluding hydrogens is 226 g/mol. The van der Waals surface area contributed by atoms with Crippen LogP contribution in [0.25, 0.3) is 0 Å². The van der Waals surface area contributed by atoms with Gasteiger partial charge in [-0.15, -0.1) is 0 Å². The molecule has 0 aliphatic heterocycles. The van der Waals surface area contributed by atoms with Crippen molar-refractivity contribution in [1.29, 1.82) is 0 Å². The van der Waals surface area contributed by atoms with Gasteiger partial charge in [0.15, 0.2) is 0 Å². The molecule has 0 aliphatic rings. The molecule has 0 bridgehead atoms. The van der Waals surface area contributed by atoms with Crippen LogP contribution in [-0.2, 0) is 9.53 Å². The molecule has 0 amide bonds. The monoisotopic (exact) mass is 257 g/mol. The van der Waals surface area contributed by atoms with E-state index in [1.54, 1.807) is 0 Å². The maximum atomic E-state index is 11.4. The molecule has 0 aromatic rings. The SMILES string of the molecule is CCCCCCCCOC(=O)CCC(C)CCN. The van der Waals surface area contributed by atoms with Crippen molar-refractivity contribution in [1.82, 2.24) is 0 Å². The minimum Gasteiger partial charge on any atom is -0.466 e. The molecule has 108 valence electrons. The van der Waals surface area contributed by atoms with Gasteiger partial charge in [-0.3, -0.25) is 4.79 Å². The van der Waals surface area contributed by atoms with E-state index in [4.69, 9.17) is 10.5 Å². The summed E-state index contributed by atoms with van der Waals surface area (Å²) in [6.45, 7) is 5.64. The molecule has 3 heteroatoms. The summed E-state index contributed by atoms with van der Waals surface area (Å²) in [5, 5.41) is 0. The quantitative estimate of drug-likeness (QED) is 0.429. The lowest BCUT2D eigenvalue weighted by atomic mass is 10.0. The van der Waals surface area contributed by atoms with E-state index < -0.39 is 0 Å². The number of esters is 1. The average molecular weight is 257 g/mol. The Kier molecular flexibility index (Phi) is 12.5. The first-order valence-corrected chi connectivity index (χ1v) is 7.56. The van der Waals surface area contributed by atoms with Crippen molar-refractivity contribution in [2.24, 2.45) is 11.7 Å². The highest BCUT2D eigenvalue weighted by Gasteiger charge is 2.06. The zero-order chi connectivity index (χ0) is 13.6. The summed E-state index contributed by atoms with van der Waals surface area (Å²) in [6, 6.07) is 0. The summed E-state index contributed by atoms with van der Waals surface area (Å²) in [7, 11) is 0. The second kappa shape index (κ2) is 12.9. The summed E-state index contributed by atoms with van der Waals surface area (Å²) in [4.78, 5) is 11.4. The van der Waals surface area contributed by atoms with Gasteiger partial charge in [-0.1, -0.05) is 46.0 Å². The fourth-order valence-corrected chi connectivity index (χ4v) is 1.93. The summed E-state index contributed by atoms with van der Waals surface area (Å²) < 4.78 is 5.21. The number of carbonyl (C=O) groups excluding carboxylic acids is 1. The number of unbranched alkanes of at least 4 members (excludes halogenated alkanes) is 5. The minimum absolute atomic E-state index is 0.0487. The van der Waals surface area contributed by atoms with Gasteiger partial charge < -0.3 is 10.5 Å². The van der Waals surface area contributed by atoms with Crippen LogP contribution >= 0.6 is 0 Å². The molecule has 0 fully saturated rings. The predicted molar refractivity (Wildman–Crippen MR) is 76.4 cm³/mol. The Hall–Kier alpha value is -0.570. The van der Waals surface area contributed by atoms with Crippen molar-refractivity contribution in [2.75, 3.05) is 13.2 Å². The van der Waals surface area contributed by atoms with E-state index >= 15 is 0 Å². The Bertz CT molecular complexity index is 195. The summed E-state index contributed by atoms with van der Waals surface area (Å²) in [5.74, 6) is 0.476. The Morgan fingerprint density at radius 3 is 2.44 bits per heavy atom. The lowest BCUT2D eigenvalue weighted by Gasteiger charge is -2.09. The normalized spacial score (nSPS) is 12.4. The molecule has 0 aromatic heterocycles. The van der Waals surface area contributed by atoms with Crippen molar-refractivity contribution >= 4 is 5.97 Å². The van der Waals surface area contributed by atoms with E-state index in [2.05, 4.69) is 13.8 Å². The third kappa shape index (κ3) is 11.9. The van der Waals surface area contributed by atoms with E-state index in [1.165, 1.54) is 32.1 Å². The fraction of sp³-hybridized carbons (Fsp3) is 0.933. The molecule has 0 heterocycles. The van der Waals surface area contributed by atoms with Crippen LogP contribution in [0.1, 0.15) is 71.6 Å². The Morgan fingerprint density at radius 2 is 1.78 bits per heavy atom. The van der Waals surface area contributed by atoms with Crippen molar-refractivity contribution in [3.63, 3.8) is 0 Å². The van der Waals surface area contributed by atoms with Crippen LogP contribution in [0.3, 0.4) is 0 Å². The van der Waals surface area contributed by atoms with E-state index in [-0.39, 0.29) is 5.97 Å². The van der Waals surface area contributed by atoms with Crippen molar-refractivity contribution < 1.29 is 9.53 Å². The first kappa shape index (κ1) is 17.4. The Morgan fingerprint density at radius 1 is 1.11 bits per heavy atom. The fourth-order valence-electron chi connectivity index (χ4n) is 1.93. The topological polar surface area (TPSA) is 52.3 Å². The second-order valence-corrected chi connectivity index (χ2v) is 5.21. The summed E-state index contributed by atoms with van der Waals surface area (Å²) in [5.41, 5.74) is 5.47. The number of carbonyl (C=O) groups is 1. The maximum Gasteiger partial charge on any atom is 0.305 e. The first-order chi connectivity index (χ1) is 8.70. The molecule has 0 radical (unpaired) electrons. The van der Waals surface area contributed by atoms with Crippen LogP contribution in [0.4, 0.5) is 0 Å². The standard InChI is InChI=1S/C15H31NO2/c1-3-4-5-6-7-8-13-18-15(17)10-9-14(2)11-12-16/h14H,3-13,16H2,1-2H3. The third-order valence-electron chi connectivity index (χ3n) is 3.26. The number of hydrogen-bond donors (Lipinski definition) is 1. The van der Waals surface area contributed by atoms with Crippen LogP contribution < -0.4 is 5.73 Å². The van der Waals surface area contributed by atoms with Crippen molar-refractivity contribution in [3.05, 3.63) is 0 Å². The Labute approximate surface area is 112 Å². The average Bonchev–Trinajstić information content (AvgIpc) is 2.35. The smallest absolute Gasteiger partial charge is 0.305 e. The van der Waals surface area contributed by atoms with Crippen LogP contribution in [0.2, 0.25) is 0 Å². The highest BCUT2D eigenvalue weighted by Crippen LogP contribution is 2.10. The van der Waals surface area contributed by atoms with Crippen LogP contribution in [0, 0.1) is 5.92 Å². The predicted octanol–water partition coefficient (Wildman–Crippen LogP) is 3.66. The molecule has 2 N–H and O–H groups in total. The second-order valence-electron chi connectivity index (χ2n) is 5.21. The van der Waals surface area contributed by atoms with Gasteiger partial charge in [0.1, 0.15) is 0 Å². The molecule has 0 saturated carbocycles. The maximum absolute atomic E-state index is 11.4. The minimum atomic E-state index is -0.0487. The highest BCUT2D eigenvalue weighted by atomic mass is 16.5. The molecule has 0 aliphatic carbocycles. The van der Waals surface area contributed by atoms with Gasteiger partial charge in [-0.2, -0.15) is 0 Å². The Balaban J connectivity index is 3.26. The van der Waals surface area contributed by atoms with Crippen LogP contribution in [-0.4, -0.2) is 19.1 Å². The molecule has 0 aromatic carbocycles. The highest BCUT2D eigenvalue weighted by molar-refractivity contribution is 5.69. The van der Waals surface area contributed by atoms with E-state index in [0.29, 0.717) is 25.5 Å². The number of ether oxygens (including phenoxy) is 1. The number of rotatable bonds is 12. The number of nitrogens with two attached hydrogens (primary N) is 1. The molecule has 1 atom stereocenters. The third-order valence-corrected chi connectivity index (χ3v) is 3.26. The van der Waals surface area contributed by atoms with Gasteiger partial charge in [0, 0.05) is 6.42 Å². The molecule has 0 spiro atoms. The van der Waals surface area contributed by atoms with Gasteiger partial charge in [0.05, 0.1) is 6.61 Å². The van der Waals surface area contributed by atoms with Gasteiger partial charge in [0.25, 0.3) is 0 Å². The van der Waals surface area contributed by atoms with Gasteiger partial charge in [-0.05, 0) is 31.7 Å². The molecule has 0 rings (SSSR count). The molecule has 0 saturated heterocycles. The zero-order valence-electron chi connectivity index (χ0n) is 12.2. The van der Waals surface area contributed by atoms with Crippen LogP contribution in [0.5, 0.6) is 0 Å². The van der Waals surface area contributed by atoms with E-state index in [0.717, 1.165) is 19.3 Å². The lowest BCUT2D eigenvalue weighted by Crippen LogP contribution is -2.10. The van der Waals surface area contributed by atoms with Gasteiger partial charge >= 0.3 is 5.97 Å². The number of hydrogen-bond acceptors (Lipinski definition) is 3. The largest absolute Gasteiger partial charge is 0.466 e. The molecule has 18 heavy (non-hydrogen) atoms. The molecular formula is C15H31NO2. The molecule has 1 unspecified atom stereocenters. The van der Waals surface area contributed by atoms with E-state index in [9.17, 15) is 4.79 Å². The van der Waals surface area contributed by atoms with Crippen molar-refractivity contribution in [3.8, 4) is 0 Å². The lowest BCUT2D eigenvalue weighted by molar-refractivity contribution is -0.144. The van der Waals surface area contributed by atoms with Gasteiger partial charge in [-0.25, -0.2) is 0 Å². The molecule has 3 nitrogen and oxygen atoms in total. The first-order valence-electron chi connectivity index (χ1n) is 7.56. The van der Waals surface area contributed by atoms with Crippen molar-refractivity contribution in [2.45, 2.75) is 71.6 Å². The van der Waals surface area contributed by atoms with Gasteiger partial charge in [0.2, 0.25) is 0 Å². The zero-order valence-corrected chi connectivity index (χ0v) is 12.2.